The normalized spacial score (nSPS) is 11.7. The number of hydrogen-bond acceptors (Lipinski definition) is 3. The second-order valence-corrected chi connectivity index (χ2v) is 2.66. The fraction of sp³-hybridized carbons (Fsp3) is 0. The number of nitrogens with one attached hydrogen (secondary N) is 2. The SMILES string of the molecule is NC(=N/[NH+]=C\c1ccccc1F)N[N+](=O)[O-]. The maximum absolute atomic E-state index is 13.0. The first-order valence-electron chi connectivity index (χ1n) is 4.17. The van der Waals surface area contributed by atoms with Crippen LogP contribution >= 0.6 is 0 Å². The first-order chi connectivity index (χ1) is 7.59. The highest BCUT2D eigenvalue weighted by molar-refractivity contribution is 5.77. The summed E-state index contributed by atoms with van der Waals surface area (Å²) >= 11 is 0. The third-order valence-electron chi connectivity index (χ3n) is 1.52. The summed E-state index contributed by atoms with van der Waals surface area (Å²) in [5.74, 6) is -0.872. The molecule has 0 unspecified atom stereocenters. The molecule has 1 aromatic rings. The zero-order valence-corrected chi connectivity index (χ0v) is 8.05. The fourth-order valence-corrected chi connectivity index (χ4v) is 0.882. The van der Waals surface area contributed by atoms with Gasteiger partial charge in [0.15, 0.2) is 5.03 Å². The van der Waals surface area contributed by atoms with E-state index >= 15 is 0 Å². The third-order valence-corrected chi connectivity index (χ3v) is 1.52. The van der Waals surface area contributed by atoms with E-state index in [-0.39, 0.29) is 5.56 Å². The van der Waals surface area contributed by atoms with Gasteiger partial charge in [-0.2, -0.15) is 0 Å². The minimum absolute atomic E-state index is 0.264. The number of nitrogens with zero attached hydrogens (tertiary/aromatic N) is 2. The molecular weight excluding hydrogens is 217 g/mol. The highest BCUT2D eigenvalue weighted by Crippen LogP contribution is 2.00. The van der Waals surface area contributed by atoms with Crippen LogP contribution in [0.5, 0.6) is 0 Å². The van der Waals surface area contributed by atoms with Crippen LogP contribution in [0.25, 0.3) is 0 Å². The molecule has 0 saturated carbocycles. The maximum Gasteiger partial charge on any atom is 0.319 e. The zero-order valence-electron chi connectivity index (χ0n) is 8.05. The van der Waals surface area contributed by atoms with Crippen molar-refractivity contribution in [1.82, 2.24) is 5.43 Å². The van der Waals surface area contributed by atoms with E-state index in [0.717, 1.165) is 0 Å². The number of guanidine groups is 1. The average molecular weight is 226 g/mol. The molecule has 84 valence electrons. The first-order valence-corrected chi connectivity index (χ1v) is 4.17. The molecular formula is C8H9FN5O2+. The lowest BCUT2D eigenvalue weighted by Gasteiger charge is -1.90. The molecule has 0 bridgehead atoms. The van der Waals surface area contributed by atoms with Gasteiger partial charge in [-0.15, -0.1) is 5.10 Å². The molecule has 16 heavy (non-hydrogen) atoms. The summed E-state index contributed by atoms with van der Waals surface area (Å²) in [5, 5.41) is 14.7. The first kappa shape index (κ1) is 11.6. The number of hydrazine groups is 1. The average Bonchev–Trinajstić information content (AvgIpc) is 2.19. The smallest absolute Gasteiger partial charge is 0.319 e. The molecule has 0 heterocycles. The number of hydrogen-bond donors (Lipinski definition) is 3. The molecule has 0 aliphatic rings. The van der Waals surface area contributed by atoms with Crippen LogP contribution in [0, 0.1) is 15.9 Å². The topological polar surface area (TPSA) is 108 Å². The van der Waals surface area contributed by atoms with Gasteiger partial charge in [-0.3, -0.25) is 0 Å². The summed E-state index contributed by atoms with van der Waals surface area (Å²) in [5.41, 5.74) is 6.98. The summed E-state index contributed by atoms with van der Waals surface area (Å²) in [6.45, 7) is 0. The number of nitro groups is 1. The van der Waals surface area contributed by atoms with E-state index in [0.29, 0.717) is 0 Å². The predicted molar refractivity (Wildman–Crippen MR) is 54.3 cm³/mol. The maximum atomic E-state index is 13.0. The van der Waals surface area contributed by atoms with Crippen molar-refractivity contribution in [2.45, 2.75) is 0 Å². The Hall–Kier alpha value is -2.51. The minimum Gasteiger partial charge on any atom is -0.360 e. The Balaban J connectivity index is 2.68. The van der Waals surface area contributed by atoms with Crippen LogP contribution in [0.15, 0.2) is 29.4 Å². The van der Waals surface area contributed by atoms with Crippen molar-refractivity contribution < 1.29 is 14.5 Å². The van der Waals surface area contributed by atoms with Crippen molar-refractivity contribution in [3.63, 3.8) is 0 Å². The van der Waals surface area contributed by atoms with E-state index in [9.17, 15) is 14.5 Å². The van der Waals surface area contributed by atoms with Crippen molar-refractivity contribution in [3.05, 3.63) is 45.8 Å². The van der Waals surface area contributed by atoms with Gasteiger partial charge in [0.1, 0.15) is 5.82 Å². The van der Waals surface area contributed by atoms with Crippen molar-refractivity contribution >= 4 is 12.2 Å². The molecule has 4 N–H and O–H groups in total. The van der Waals surface area contributed by atoms with Gasteiger partial charge in [0, 0.05) is 5.10 Å². The molecule has 0 fully saturated rings. The predicted octanol–water partition coefficient (Wildman–Crippen LogP) is -1.66. The minimum atomic E-state index is -0.858. The summed E-state index contributed by atoms with van der Waals surface area (Å²) in [6.07, 6.45) is 1.23. The quantitative estimate of drug-likeness (QED) is 0.248. The lowest BCUT2D eigenvalue weighted by Crippen LogP contribution is -2.64. The molecule has 0 aliphatic carbocycles. The Bertz CT molecular complexity index is 446. The Morgan fingerprint density at radius 3 is 2.94 bits per heavy atom. The lowest BCUT2D eigenvalue weighted by molar-refractivity contribution is -0.528. The molecule has 0 spiro atoms. The largest absolute Gasteiger partial charge is 0.360 e. The van der Waals surface area contributed by atoms with Crippen molar-refractivity contribution in [1.29, 1.82) is 0 Å². The Kier molecular flexibility index (Phi) is 3.90. The standard InChI is InChI=1S/C8H8FN5O2/c9-7-4-2-1-3-6(7)5-11-12-8(10)13-14(15)16/h1-5H,(H3,10,12,13)/p+1/b11-5-. The van der Waals surface area contributed by atoms with Gasteiger partial charge in [0.05, 0.1) is 5.56 Å². The van der Waals surface area contributed by atoms with Crippen molar-refractivity contribution in [2.75, 3.05) is 0 Å². The fourth-order valence-electron chi connectivity index (χ4n) is 0.882. The van der Waals surface area contributed by atoms with E-state index in [1.54, 1.807) is 17.6 Å². The number of nitrogens with two attached hydrogens (primary N) is 1. The van der Waals surface area contributed by atoms with E-state index in [4.69, 9.17) is 5.73 Å². The van der Waals surface area contributed by atoms with E-state index in [2.05, 4.69) is 10.2 Å². The highest BCUT2D eigenvalue weighted by Gasteiger charge is 2.02. The van der Waals surface area contributed by atoms with Gasteiger partial charge in [0.25, 0.3) is 0 Å². The van der Waals surface area contributed by atoms with Crippen LogP contribution in [0.2, 0.25) is 0 Å². The molecule has 0 amide bonds. The highest BCUT2D eigenvalue weighted by atomic mass is 19.1. The number of hydrazone groups is 1. The van der Waals surface area contributed by atoms with Gasteiger partial charge >= 0.3 is 5.96 Å². The summed E-state index contributed by atoms with van der Waals surface area (Å²) < 4.78 is 13.0. The van der Waals surface area contributed by atoms with Crippen LogP contribution in [0.4, 0.5) is 4.39 Å². The van der Waals surface area contributed by atoms with Crippen LogP contribution < -0.4 is 16.3 Å². The molecule has 0 saturated heterocycles. The van der Waals surface area contributed by atoms with Gasteiger partial charge in [-0.05, 0) is 12.1 Å². The van der Waals surface area contributed by atoms with E-state index in [1.807, 2.05) is 0 Å². The number of halogens is 1. The molecule has 0 aromatic heterocycles. The molecule has 7 nitrogen and oxygen atoms in total. The summed E-state index contributed by atoms with van der Waals surface area (Å²) in [4.78, 5) is 9.93. The third kappa shape index (κ3) is 3.70. The van der Waals surface area contributed by atoms with Gasteiger partial charge < -0.3 is 5.73 Å². The summed E-state index contributed by atoms with van der Waals surface area (Å²) in [7, 11) is 0. The van der Waals surface area contributed by atoms with Gasteiger partial charge in [-0.25, -0.2) is 14.5 Å². The molecule has 0 aliphatic heterocycles. The lowest BCUT2D eigenvalue weighted by atomic mass is 10.2. The Labute approximate surface area is 89.6 Å². The molecule has 1 aromatic carbocycles. The van der Waals surface area contributed by atoms with Crippen LogP contribution in [0.1, 0.15) is 5.56 Å². The summed E-state index contributed by atoms with van der Waals surface area (Å²) in [6, 6.07) is 5.96. The molecule has 1 rings (SSSR count). The number of benzene rings is 1. The Morgan fingerprint density at radius 2 is 2.31 bits per heavy atom. The van der Waals surface area contributed by atoms with Crippen molar-refractivity contribution in [3.8, 4) is 0 Å². The molecule has 0 atom stereocenters. The second kappa shape index (κ2) is 5.39. The van der Waals surface area contributed by atoms with Crippen LogP contribution in [-0.4, -0.2) is 17.2 Å². The number of rotatable bonds is 3. The van der Waals surface area contributed by atoms with Crippen LogP contribution in [0.3, 0.4) is 0 Å². The monoisotopic (exact) mass is 226 g/mol. The van der Waals surface area contributed by atoms with Crippen molar-refractivity contribution in [2.24, 2.45) is 10.8 Å². The Morgan fingerprint density at radius 1 is 1.62 bits per heavy atom. The van der Waals surface area contributed by atoms with E-state index < -0.39 is 16.8 Å². The van der Waals surface area contributed by atoms with Crippen LogP contribution in [-0.2, 0) is 0 Å². The molecule has 0 radical (unpaired) electrons. The zero-order chi connectivity index (χ0) is 12.0. The van der Waals surface area contributed by atoms with Gasteiger partial charge in [0.2, 0.25) is 6.21 Å². The second-order valence-electron chi connectivity index (χ2n) is 2.66. The van der Waals surface area contributed by atoms with Gasteiger partial charge in [-0.1, -0.05) is 17.6 Å². The van der Waals surface area contributed by atoms with E-state index in [1.165, 1.54) is 18.3 Å². The molecule has 8 heteroatoms.